The molecule has 0 aromatic heterocycles. The molecule has 0 aliphatic carbocycles. The molecule has 0 fully saturated rings. The van der Waals surface area contributed by atoms with Crippen LogP contribution in [0, 0.1) is 0 Å². The maximum Gasteiger partial charge on any atom is 0.255 e. The molecule has 0 aromatic carbocycles. The van der Waals surface area contributed by atoms with Crippen molar-refractivity contribution in [1.29, 1.82) is 0 Å². The average Bonchev–Trinajstić information content (AvgIpc) is 1.67. The fraction of sp³-hybridized carbons (Fsp3) is 0.500. The van der Waals surface area contributed by atoms with Gasteiger partial charge in [-0.25, -0.2) is 0 Å². The molecule has 0 aromatic rings. The normalized spacial score (nSPS) is 6.56. The molecule has 0 rings (SSSR count). The Morgan fingerprint density at radius 1 is 2.00 bits per heavy atom. The minimum Gasteiger partial charge on any atom is -0.475 e. The molecule has 0 saturated carbocycles. The molecular formula is C4H7ClO2S2. The zero-order valence-electron chi connectivity index (χ0n) is 4.83. The largest absolute Gasteiger partial charge is 0.475 e. The van der Waals surface area contributed by atoms with Gasteiger partial charge in [0.25, 0.3) is 4.51 Å². The molecule has 0 saturated heterocycles. The number of halogens is 1. The summed E-state index contributed by atoms with van der Waals surface area (Å²) in [4.78, 5) is 8.67. The number of hydrogen-bond acceptors (Lipinski definition) is 3. The number of ether oxygens (including phenoxy) is 1. The summed E-state index contributed by atoms with van der Waals surface area (Å²) in [6, 6.07) is 0. The molecule has 54 valence electrons. The van der Waals surface area contributed by atoms with E-state index < -0.39 is 0 Å². The molecule has 0 unspecified atom stereocenters. The van der Waals surface area contributed by atoms with E-state index in [0.29, 0.717) is 12.2 Å². The van der Waals surface area contributed by atoms with Crippen molar-refractivity contribution >= 4 is 46.6 Å². The molecule has 0 spiro atoms. The first-order chi connectivity index (χ1) is 4.18. The predicted molar refractivity (Wildman–Crippen MR) is 45.8 cm³/mol. The fourth-order valence-corrected chi connectivity index (χ4v) is 0.340. The number of rotatable bonds is 1. The Morgan fingerprint density at radius 2 is 2.33 bits per heavy atom. The second-order valence-corrected chi connectivity index (χ2v) is 1.93. The second kappa shape index (κ2) is 11.1. The third-order valence-electron chi connectivity index (χ3n) is 0.258. The summed E-state index contributed by atoms with van der Waals surface area (Å²) in [5.41, 5.74) is 0.444. The van der Waals surface area contributed by atoms with E-state index in [1.165, 1.54) is 0 Å². The molecule has 0 N–H and O–H groups in total. The minimum absolute atomic E-state index is 0.0949. The lowest BCUT2D eigenvalue weighted by atomic mass is 10.9. The van der Waals surface area contributed by atoms with Gasteiger partial charge in [-0.1, -0.05) is 0 Å². The Hall–Kier alpha value is 0.200. The molecule has 0 radical (unpaired) electrons. The van der Waals surface area contributed by atoms with Crippen LogP contribution in [0.2, 0.25) is 0 Å². The highest BCUT2D eigenvalue weighted by molar-refractivity contribution is 7.94. The summed E-state index contributed by atoms with van der Waals surface area (Å²) in [6.45, 7) is 2.39. The van der Waals surface area contributed by atoms with Gasteiger partial charge in [0.2, 0.25) is 0 Å². The molecule has 0 aliphatic heterocycles. The lowest BCUT2D eigenvalue weighted by Gasteiger charge is -1.90. The number of hydrogen-bond donors (Lipinski definition) is 1. The second-order valence-electron chi connectivity index (χ2n) is 0.776. The van der Waals surface area contributed by atoms with Gasteiger partial charge in [-0.2, -0.15) is 0 Å². The van der Waals surface area contributed by atoms with Crippen LogP contribution in [0.1, 0.15) is 6.92 Å². The molecule has 0 heterocycles. The van der Waals surface area contributed by atoms with Crippen molar-refractivity contribution in [2.75, 3.05) is 6.61 Å². The van der Waals surface area contributed by atoms with Crippen LogP contribution in [0.15, 0.2) is 0 Å². The highest BCUT2D eigenvalue weighted by Gasteiger charge is 1.79. The zero-order chi connectivity index (χ0) is 7.70. The van der Waals surface area contributed by atoms with Gasteiger partial charge in [0.15, 0.2) is 5.62 Å². The van der Waals surface area contributed by atoms with E-state index in [2.05, 4.69) is 29.6 Å². The summed E-state index contributed by atoms with van der Waals surface area (Å²) < 4.78 is 4.63. The average molecular weight is 187 g/mol. The van der Waals surface area contributed by atoms with Crippen molar-refractivity contribution in [3.8, 4) is 0 Å². The molecule has 0 atom stereocenters. The third kappa shape index (κ3) is 30.8. The molecule has 9 heavy (non-hydrogen) atoms. The van der Waals surface area contributed by atoms with Gasteiger partial charge in [-0.3, -0.25) is 4.79 Å². The summed E-state index contributed by atoms with van der Waals surface area (Å²) in [7, 11) is 0. The van der Waals surface area contributed by atoms with Crippen LogP contribution >= 0.6 is 36.4 Å². The lowest BCUT2D eigenvalue weighted by Crippen LogP contribution is -1.89. The van der Waals surface area contributed by atoms with E-state index in [0.717, 1.165) is 0 Å². The van der Waals surface area contributed by atoms with E-state index in [4.69, 9.17) is 16.4 Å². The van der Waals surface area contributed by atoms with Gasteiger partial charge >= 0.3 is 0 Å². The van der Waals surface area contributed by atoms with Crippen molar-refractivity contribution in [1.82, 2.24) is 0 Å². The first kappa shape index (κ1) is 11.9. The van der Waals surface area contributed by atoms with Crippen molar-refractivity contribution in [2.24, 2.45) is 0 Å². The first-order valence-electron chi connectivity index (χ1n) is 2.09. The Labute approximate surface area is 69.9 Å². The lowest BCUT2D eigenvalue weighted by molar-refractivity contribution is 0.345. The maximum absolute atomic E-state index is 8.67. The molecule has 2 nitrogen and oxygen atoms in total. The van der Waals surface area contributed by atoms with E-state index in [9.17, 15) is 0 Å². The van der Waals surface area contributed by atoms with E-state index in [1.807, 2.05) is 6.92 Å². The SMILES string of the molecule is CCOC(=S)Cl.O=CS. The van der Waals surface area contributed by atoms with E-state index in [1.54, 1.807) is 0 Å². The Bertz CT molecular complexity index is 86.6. The van der Waals surface area contributed by atoms with Gasteiger partial charge in [0.05, 0.1) is 6.61 Å². The van der Waals surface area contributed by atoms with Crippen molar-refractivity contribution in [3.05, 3.63) is 0 Å². The predicted octanol–water partition coefficient (Wildman–Crippen LogP) is 1.65. The number of thiol groups is 1. The molecule has 0 aliphatic rings. The highest BCUT2D eigenvalue weighted by atomic mass is 35.5. The van der Waals surface area contributed by atoms with Crippen LogP contribution < -0.4 is 0 Å². The topological polar surface area (TPSA) is 26.3 Å². The van der Waals surface area contributed by atoms with Crippen LogP contribution in [0.4, 0.5) is 0 Å². The third-order valence-corrected chi connectivity index (χ3v) is 0.485. The van der Waals surface area contributed by atoms with Gasteiger partial charge in [-0.15, -0.1) is 12.6 Å². The standard InChI is InChI=1S/C3H5ClOS.CH2OS/c1-2-5-3(4)6;2-1-3/h2H2,1H3;1H,(H,2,3). The Balaban J connectivity index is 0. The van der Waals surface area contributed by atoms with Crippen LogP contribution in [0.25, 0.3) is 0 Å². The molecule has 5 heteroatoms. The summed E-state index contributed by atoms with van der Waals surface area (Å²) in [6.07, 6.45) is 0. The summed E-state index contributed by atoms with van der Waals surface area (Å²) >= 11 is 12.5. The number of carbonyl (C=O) groups excluding carboxylic acids is 1. The highest BCUT2D eigenvalue weighted by Crippen LogP contribution is 1.84. The van der Waals surface area contributed by atoms with E-state index in [-0.39, 0.29) is 4.51 Å². The number of carbonyl (C=O) groups is 1. The van der Waals surface area contributed by atoms with Crippen molar-refractivity contribution in [3.63, 3.8) is 0 Å². The zero-order valence-corrected chi connectivity index (χ0v) is 7.30. The first-order valence-corrected chi connectivity index (χ1v) is 3.39. The van der Waals surface area contributed by atoms with Crippen LogP contribution in [0.3, 0.4) is 0 Å². The van der Waals surface area contributed by atoms with Crippen LogP contribution in [-0.2, 0) is 9.53 Å². The number of thiocarbonyl (C=S) groups is 1. The van der Waals surface area contributed by atoms with Gasteiger partial charge < -0.3 is 4.74 Å². The molecule has 0 amide bonds. The van der Waals surface area contributed by atoms with Crippen molar-refractivity contribution < 1.29 is 9.53 Å². The van der Waals surface area contributed by atoms with Crippen LogP contribution in [-0.4, -0.2) is 16.7 Å². The van der Waals surface area contributed by atoms with Crippen LogP contribution in [0.5, 0.6) is 0 Å². The van der Waals surface area contributed by atoms with Gasteiger partial charge in [0, 0.05) is 0 Å². The van der Waals surface area contributed by atoms with E-state index >= 15 is 0 Å². The summed E-state index contributed by atoms with van der Waals surface area (Å²) in [5.74, 6) is 0. The Kier molecular flexibility index (Phi) is 14.7. The molecular weight excluding hydrogens is 180 g/mol. The minimum atomic E-state index is 0.0949. The quantitative estimate of drug-likeness (QED) is 0.292. The maximum atomic E-state index is 8.67. The Morgan fingerprint density at radius 3 is 2.33 bits per heavy atom. The van der Waals surface area contributed by atoms with Gasteiger partial charge in [-0.05, 0) is 30.7 Å². The fourth-order valence-electron chi connectivity index (χ4n) is 0.113. The monoisotopic (exact) mass is 186 g/mol. The molecule has 0 bridgehead atoms. The van der Waals surface area contributed by atoms with Gasteiger partial charge in [0.1, 0.15) is 0 Å². The smallest absolute Gasteiger partial charge is 0.255 e. The van der Waals surface area contributed by atoms with Crippen molar-refractivity contribution in [2.45, 2.75) is 6.92 Å². The summed E-state index contributed by atoms with van der Waals surface area (Å²) in [5, 5.41) is 0.